The lowest BCUT2D eigenvalue weighted by Gasteiger charge is -2.13. The van der Waals surface area contributed by atoms with Gasteiger partial charge in [-0.05, 0) is 67.8 Å². The van der Waals surface area contributed by atoms with Crippen molar-refractivity contribution in [3.63, 3.8) is 0 Å². The summed E-state index contributed by atoms with van der Waals surface area (Å²) in [7, 11) is -2.68. The van der Waals surface area contributed by atoms with Gasteiger partial charge in [-0.1, -0.05) is 30.3 Å². The molecule has 0 spiro atoms. The number of anilines is 1. The van der Waals surface area contributed by atoms with Crippen LogP contribution < -0.4 is 4.72 Å². The van der Waals surface area contributed by atoms with E-state index in [-0.39, 0.29) is 16.0 Å². The van der Waals surface area contributed by atoms with Crippen molar-refractivity contribution in [2.24, 2.45) is 0 Å². The Morgan fingerprint density at radius 2 is 1.59 bits per heavy atom. The topological polar surface area (TPSA) is 94.5 Å². The van der Waals surface area contributed by atoms with Gasteiger partial charge >= 0.3 is 5.97 Å². The second-order valence-electron chi connectivity index (χ2n) is 8.19. The van der Waals surface area contributed by atoms with E-state index in [1.54, 1.807) is 55.5 Å². The van der Waals surface area contributed by atoms with Gasteiger partial charge in [0.25, 0.3) is 15.9 Å². The molecule has 1 aromatic heterocycles. The molecule has 34 heavy (non-hydrogen) atoms. The highest BCUT2D eigenvalue weighted by molar-refractivity contribution is 7.92. The average Bonchev–Trinajstić information content (AvgIpc) is 3.17. The number of carbonyl (C=O) groups excluding carboxylic acids is 2. The number of fused-ring (bicyclic) bond motifs is 1. The normalized spacial score (nSPS) is 11.4. The Hall–Kier alpha value is -3.91. The smallest absolute Gasteiger partial charge is 0.340 e. The van der Waals surface area contributed by atoms with Crippen LogP contribution in [0, 0.1) is 20.8 Å². The first-order valence-corrected chi connectivity index (χ1v) is 12.0. The number of methoxy groups -OCH3 is 1. The summed E-state index contributed by atoms with van der Waals surface area (Å²) in [5, 5.41) is 0.569. The van der Waals surface area contributed by atoms with Crippen LogP contribution in [-0.4, -0.2) is 32.0 Å². The minimum Gasteiger partial charge on any atom is -0.465 e. The number of aryl methyl sites for hydroxylation is 3. The Kier molecular flexibility index (Phi) is 6.01. The fourth-order valence-corrected chi connectivity index (χ4v) is 5.34. The number of nitrogens with zero attached hydrogens (tertiary/aromatic N) is 1. The van der Waals surface area contributed by atoms with Crippen LogP contribution in [0.3, 0.4) is 0 Å². The van der Waals surface area contributed by atoms with Crippen molar-refractivity contribution in [2.75, 3.05) is 11.8 Å². The molecule has 7 nitrogen and oxygen atoms in total. The van der Waals surface area contributed by atoms with E-state index in [4.69, 9.17) is 4.74 Å². The van der Waals surface area contributed by atoms with E-state index in [0.717, 1.165) is 11.1 Å². The van der Waals surface area contributed by atoms with Gasteiger partial charge in [0.2, 0.25) is 0 Å². The quantitative estimate of drug-likeness (QED) is 0.416. The molecule has 4 aromatic rings. The van der Waals surface area contributed by atoms with Crippen molar-refractivity contribution in [3.8, 4) is 0 Å². The number of aromatic nitrogens is 1. The minimum atomic E-state index is -3.96. The lowest BCUT2D eigenvalue weighted by atomic mass is 10.1. The third-order valence-corrected chi connectivity index (χ3v) is 7.06. The second-order valence-corrected chi connectivity index (χ2v) is 9.84. The molecule has 0 fully saturated rings. The summed E-state index contributed by atoms with van der Waals surface area (Å²) in [5.74, 6) is -1.03. The van der Waals surface area contributed by atoms with Crippen LogP contribution in [0.15, 0.2) is 71.8 Å². The molecule has 3 aromatic carbocycles. The lowest BCUT2D eigenvalue weighted by molar-refractivity contribution is 0.0603. The molecule has 0 amide bonds. The van der Waals surface area contributed by atoms with E-state index >= 15 is 0 Å². The van der Waals surface area contributed by atoms with Crippen molar-refractivity contribution in [1.82, 2.24) is 4.57 Å². The van der Waals surface area contributed by atoms with Gasteiger partial charge in [-0.25, -0.2) is 13.2 Å². The first-order valence-electron chi connectivity index (χ1n) is 10.6. The highest BCUT2D eigenvalue weighted by Gasteiger charge is 2.23. The molecule has 4 rings (SSSR count). The van der Waals surface area contributed by atoms with E-state index < -0.39 is 21.9 Å². The van der Waals surface area contributed by atoms with Gasteiger partial charge in [0, 0.05) is 22.8 Å². The second kappa shape index (κ2) is 8.79. The summed E-state index contributed by atoms with van der Waals surface area (Å²) in [4.78, 5) is 25.6. The SMILES string of the molecule is COC(=O)c1cn(C(=O)c2ccc(C)c(S(=O)(=O)Nc3cc(C)cc(C)c3)c2)c2ccccc12. The molecule has 0 aliphatic carbocycles. The zero-order valence-electron chi connectivity index (χ0n) is 19.2. The number of nitrogens with one attached hydrogen (secondary N) is 1. The molecule has 0 saturated carbocycles. The number of para-hydroxylation sites is 1. The molecule has 0 aliphatic rings. The molecular weight excluding hydrogens is 452 g/mol. The first kappa shape index (κ1) is 23.3. The molecule has 0 atom stereocenters. The molecule has 0 radical (unpaired) electrons. The van der Waals surface area contributed by atoms with Crippen LogP contribution in [0.4, 0.5) is 5.69 Å². The lowest BCUT2D eigenvalue weighted by Crippen LogP contribution is -2.17. The molecule has 174 valence electrons. The fraction of sp³-hybridized carbons (Fsp3) is 0.154. The highest BCUT2D eigenvalue weighted by atomic mass is 32.2. The maximum Gasteiger partial charge on any atom is 0.340 e. The molecule has 0 saturated heterocycles. The molecule has 1 heterocycles. The molecule has 0 unspecified atom stereocenters. The van der Waals surface area contributed by atoms with Gasteiger partial charge in [-0.3, -0.25) is 14.1 Å². The summed E-state index contributed by atoms with van der Waals surface area (Å²) >= 11 is 0. The molecule has 0 aliphatic heterocycles. The number of ether oxygens (including phenoxy) is 1. The monoisotopic (exact) mass is 476 g/mol. The number of sulfonamides is 1. The number of hydrogen-bond donors (Lipinski definition) is 1. The summed E-state index contributed by atoms with van der Waals surface area (Å²) in [6, 6.07) is 16.9. The van der Waals surface area contributed by atoms with Crippen molar-refractivity contribution in [2.45, 2.75) is 25.7 Å². The van der Waals surface area contributed by atoms with Crippen LogP contribution in [0.5, 0.6) is 0 Å². The summed E-state index contributed by atoms with van der Waals surface area (Å²) in [6.45, 7) is 5.45. The van der Waals surface area contributed by atoms with Gasteiger partial charge < -0.3 is 4.74 Å². The predicted molar refractivity (Wildman–Crippen MR) is 131 cm³/mol. The Labute approximate surface area is 198 Å². The van der Waals surface area contributed by atoms with Crippen LogP contribution >= 0.6 is 0 Å². The van der Waals surface area contributed by atoms with Gasteiger partial charge in [0.1, 0.15) is 0 Å². The molecule has 0 bridgehead atoms. The van der Waals surface area contributed by atoms with E-state index in [1.165, 1.54) is 23.9 Å². The predicted octanol–water partition coefficient (Wildman–Crippen LogP) is 4.84. The first-order chi connectivity index (χ1) is 16.1. The third-order valence-electron chi connectivity index (χ3n) is 5.53. The maximum atomic E-state index is 13.4. The van der Waals surface area contributed by atoms with Crippen LogP contribution in [0.2, 0.25) is 0 Å². The van der Waals surface area contributed by atoms with E-state index in [1.807, 2.05) is 19.9 Å². The Morgan fingerprint density at radius 1 is 0.912 bits per heavy atom. The number of rotatable bonds is 5. The van der Waals surface area contributed by atoms with Crippen LogP contribution in [0.25, 0.3) is 10.9 Å². The number of benzene rings is 3. The standard InChI is InChI=1S/C26H24N2O5S/c1-16-11-17(2)13-20(12-16)27-34(31,32)24-14-19(10-9-18(24)3)25(29)28-15-22(26(30)33-4)21-7-5-6-8-23(21)28/h5-15,27H,1-4H3. The number of hydrogen-bond acceptors (Lipinski definition) is 5. The van der Waals surface area contributed by atoms with E-state index in [0.29, 0.717) is 22.2 Å². The minimum absolute atomic E-state index is 0.00200. The van der Waals surface area contributed by atoms with Gasteiger partial charge in [0.05, 0.1) is 23.1 Å². The van der Waals surface area contributed by atoms with E-state index in [9.17, 15) is 18.0 Å². The average molecular weight is 477 g/mol. The zero-order chi connectivity index (χ0) is 24.6. The van der Waals surface area contributed by atoms with Gasteiger partial charge in [-0.15, -0.1) is 0 Å². The van der Waals surface area contributed by atoms with E-state index in [2.05, 4.69) is 4.72 Å². The Morgan fingerprint density at radius 3 is 2.26 bits per heavy atom. The summed E-state index contributed by atoms with van der Waals surface area (Å²) < 4.78 is 35.2. The summed E-state index contributed by atoms with van der Waals surface area (Å²) in [6.07, 6.45) is 1.42. The number of carbonyl (C=O) groups is 2. The van der Waals surface area contributed by atoms with Gasteiger partial charge in [0.15, 0.2) is 0 Å². The van der Waals surface area contributed by atoms with Crippen LogP contribution in [-0.2, 0) is 14.8 Å². The molecular formula is C26H24N2O5S. The largest absolute Gasteiger partial charge is 0.465 e. The third kappa shape index (κ3) is 4.32. The van der Waals surface area contributed by atoms with Crippen molar-refractivity contribution in [3.05, 3.63) is 94.7 Å². The zero-order valence-corrected chi connectivity index (χ0v) is 20.1. The molecule has 1 N–H and O–H groups in total. The van der Waals surface area contributed by atoms with Crippen molar-refractivity contribution >= 4 is 38.5 Å². The van der Waals surface area contributed by atoms with Gasteiger partial charge in [-0.2, -0.15) is 0 Å². The van der Waals surface area contributed by atoms with Crippen molar-refractivity contribution in [1.29, 1.82) is 0 Å². The fourth-order valence-electron chi connectivity index (χ4n) is 4.03. The highest BCUT2D eigenvalue weighted by Crippen LogP contribution is 2.26. The Bertz CT molecular complexity index is 1530. The van der Waals surface area contributed by atoms with Crippen LogP contribution in [0.1, 0.15) is 37.4 Å². The van der Waals surface area contributed by atoms with Crippen molar-refractivity contribution < 1.29 is 22.7 Å². The number of esters is 1. The Balaban J connectivity index is 1.77. The maximum absolute atomic E-state index is 13.4. The summed E-state index contributed by atoms with van der Waals surface area (Å²) in [5.41, 5.74) is 3.75. The molecule has 8 heteroatoms.